The molecule has 3 heterocycles. The summed E-state index contributed by atoms with van der Waals surface area (Å²) in [6, 6.07) is 8.22. The van der Waals surface area contributed by atoms with Crippen LogP contribution in [0.5, 0.6) is 0 Å². The smallest absolute Gasteiger partial charge is 0.255 e. The van der Waals surface area contributed by atoms with E-state index >= 15 is 0 Å². The number of pyridine rings is 1. The second-order valence-electron chi connectivity index (χ2n) is 7.57. The number of hydrogen-bond donors (Lipinski definition) is 1. The Labute approximate surface area is 148 Å². The molecule has 2 aliphatic rings. The number of amides is 1. The van der Waals surface area contributed by atoms with Crippen LogP contribution in [0.4, 0.5) is 0 Å². The van der Waals surface area contributed by atoms with E-state index in [1.165, 1.54) is 0 Å². The van der Waals surface area contributed by atoms with Gasteiger partial charge in [0.05, 0.1) is 17.8 Å². The van der Waals surface area contributed by atoms with Crippen LogP contribution in [0.15, 0.2) is 30.5 Å². The second-order valence-corrected chi connectivity index (χ2v) is 7.57. The Hall–Kier alpha value is -2.14. The molecular formula is C20H26N4O. The molecule has 1 saturated heterocycles. The summed E-state index contributed by atoms with van der Waals surface area (Å²) in [5.74, 6) is 1.24. The molecule has 1 aliphatic heterocycles. The van der Waals surface area contributed by atoms with Gasteiger partial charge in [-0.1, -0.05) is 6.07 Å². The number of rotatable bonds is 3. The minimum Gasteiger partial charge on any atom is -0.342 e. The minimum absolute atomic E-state index is 0.155. The Morgan fingerprint density at radius 1 is 1.28 bits per heavy atom. The van der Waals surface area contributed by atoms with Crippen LogP contribution in [-0.2, 0) is 6.54 Å². The molecule has 2 aromatic heterocycles. The van der Waals surface area contributed by atoms with Gasteiger partial charge in [0, 0.05) is 36.7 Å². The lowest BCUT2D eigenvalue weighted by Gasteiger charge is -2.19. The molecule has 4 rings (SSSR count). The van der Waals surface area contributed by atoms with E-state index in [0.29, 0.717) is 18.4 Å². The Balaban J connectivity index is 1.55. The summed E-state index contributed by atoms with van der Waals surface area (Å²) in [6.45, 7) is 6.46. The highest BCUT2D eigenvalue weighted by molar-refractivity contribution is 5.96. The first-order valence-corrected chi connectivity index (χ1v) is 9.16. The van der Waals surface area contributed by atoms with Crippen molar-refractivity contribution in [1.82, 2.24) is 14.5 Å². The lowest BCUT2D eigenvalue weighted by molar-refractivity contribution is 0.0778. The highest BCUT2D eigenvalue weighted by Gasteiger charge is 2.42. The Morgan fingerprint density at radius 2 is 2.12 bits per heavy atom. The van der Waals surface area contributed by atoms with Crippen LogP contribution in [0, 0.1) is 25.7 Å². The third-order valence-corrected chi connectivity index (χ3v) is 6.05. The SMILES string of the molecule is Cc1cc(C(=O)N2CC3CCC(N)C3C2)c(C)n1Cc1ccccn1. The molecule has 0 spiro atoms. The number of nitrogens with zero attached hydrogens (tertiary/aromatic N) is 3. The van der Waals surface area contributed by atoms with E-state index in [2.05, 4.69) is 16.5 Å². The number of hydrogen-bond acceptors (Lipinski definition) is 3. The number of carbonyl (C=O) groups excluding carboxylic acids is 1. The molecule has 0 aromatic carbocycles. The van der Waals surface area contributed by atoms with Gasteiger partial charge in [0.2, 0.25) is 0 Å². The quantitative estimate of drug-likeness (QED) is 0.934. The van der Waals surface area contributed by atoms with Crippen molar-refractivity contribution in [3.63, 3.8) is 0 Å². The van der Waals surface area contributed by atoms with Crippen LogP contribution in [0.25, 0.3) is 0 Å². The summed E-state index contributed by atoms with van der Waals surface area (Å²) in [7, 11) is 0. The predicted octanol–water partition coefficient (Wildman–Crippen LogP) is 2.36. The van der Waals surface area contributed by atoms with Gasteiger partial charge in [-0.05, 0) is 56.7 Å². The lowest BCUT2D eigenvalue weighted by atomic mass is 9.98. The predicted molar refractivity (Wildman–Crippen MR) is 97.3 cm³/mol. The van der Waals surface area contributed by atoms with Crippen LogP contribution < -0.4 is 5.73 Å². The summed E-state index contributed by atoms with van der Waals surface area (Å²) < 4.78 is 2.18. The Bertz CT molecular complexity index is 782. The first kappa shape index (κ1) is 16.3. The monoisotopic (exact) mass is 338 g/mol. The van der Waals surface area contributed by atoms with Crippen molar-refractivity contribution in [1.29, 1.82) is 0 Å². The van der Waals surface area contributed by atoms with Crippen molar-refractivity contribution >= 4 is 5.91 Å². The summed E-state index contributed by atoms with van der Waals surface area (Å²) in [5, 5.41) is 0. The molecule has 3 unspecified atom stereocenters. The van der Waals surface area contributed by atoms with Crippen molar-refractivity contribution in [2.45, 2.75) is 39.3 Å². The van der Waals surface area contributed by atoms with Gasteiger partial charge >= 0.3 is 0 Å². The van der Waals surface area contributed by atoms with Gasteiger partial charge in [-0.2, -0.15) is 0 Å². The molecule has 2 N–H and O–H groups in total. The van der Waals surface area contributed by atoms with Gasteiger partial charge < -0.3 is 15.2 Å². The van der Waals surface area contributed by atoms with Crippen molar-refractivity contribution in [2.24, 2.45) is 17.6 Å². The molecule has 3 atom stereocenters. The third kappa shape index (κ3) is 2.86. The average molecular weight is 338 g/mol. The zero-order valence-electron chi connectivity index (χ0n) is 15.0. The van der Waals surface area contributed by atoms with Gasteiger partial charge in [0.15, 0.2) is 0 Å². The third-order valence-electron chi connectivity index (χ3n) is 6.05. The largest absolute Gasteiger partial charge is 0.342 e. The summed E-state index contributed by atoms with van der Waals surface area (Å²) >= 11 is 0. The zero-order valence-corrected chi connectivity index (χ0v) is 15.0. The van der Waals surface area contributed by atoms with E-state index in [4.69, 9.17) is 5.73 Å². The summed E-state index contributed by atoms with van der Waals surface area (Å²) in [5.41, 5.74) is 10.2. The molecule has 1 amide bonds. The number of fused-ring (bicyclic) bond motifs is 1. The molecule has 2 fully saturated rings. The standard InChI is InChI=1S/C20H26N4O/c1-13-9-17(14(2)24(13)11-16-5-3-4-8-22-16)20(25)23-10-15-6-7-19(21)18(15)12-23/h3-5,8-9,15,18-19H,6-7,10-12,21H2,1-2H3. The van der Waals surface area contributed by atoms with E-state index in [-0.39, 0.29) is 11.9 Å². The number of carbonyl (C=O) groups is 1. The van der Waals surface area contributed by atoms with Crippen molar-refractivity contribution < 1.29 is 4.79 Å². The highest BCUT2D eigenvalue weighted by Crippen LogP contribution is 2.37. The molecule has 1 aliphatic carbocycles. The van der Waals surface area contributed by atoms with Crippen molar-refractivity contribution in [2.75, 3.05) is 13.1 Å². The number of aromatic nitrogens is 2. The molecule has 1 saturated carbocycles. The minimum atomic E-state index is 0.155. The second kappa shape index (κ2) is 6.30. The maximum absolute atomic E-state index is 13.1. The van der Waals surface area contributed by atoms with Gasteiger partial charge in [0.1, 0.15) is 0 Å². The molecule has 0 bridgehead atoms. The highest BCUT2D eigenvalue weighted by atomic mass is 16.2. The van der Waals surface area contributed by atoms with Crippen LogP contribution in [0.3, 0.4) is 0 Å². The van der Waals surface area contributed by atoms with E-state index < -0.39 is 0 Å². The van der Waals surface area contributed by atoms with Crippen LogP contribution >= 0.6 is 0 Å². The average Bonchev–Trinajstić information content (AvgIpc) is 3.26. The van der Waals surface area contributed by atoms with E-state index in [0.717, 1.165) is 48.6 Å². The number of aryl methyl sites for hydroxylation is 1. The van der Waals surface area contributed by atoms with E-state index in [9.17, 15) is 4.79 Å². The zero-order chi connectivity index (χ0) is 17.6. The topological polar surface area (TPSA) is 64.2 Å². The fourth-order valence-electron chi connectivity index (χ4n) is 4.56. The normalized spacial score (nSPS) is 25.4. The first-order valence-electron chi connectivity index (χ1n) is 9.16. The maximum Gasteiger partial charge on any atom is 0.255 e. The van der Waals surface area contributed by atoms with Crippen molar-refractivity contribution in [3.8, 4) is 0 Å². The molecule has 25 heavy (non-hydrogen) atoms. The molecule has 0 radical (unpaired) electrons. The van der Waals surface area contributed by atoms with E-state index in [1.54, 1.807) is 0 Å². The molecule has 5 heteroatoms. The Kier molecular flexibility index (Phi) is 4.12. The molecule has 132 valence electrons. The van der Waals surface area contributed by atoms with Crippen LogP contribution in [0.2, 0.25) is 0 Å². The number of likely N-dealkylation sites (tertiary alicyclic amines) is 1. The number of nitrogens with two attached hydrogens (primary N) is 1. The van der Waals surface area contributed by atoms with Crippen molar-refractivity contribution in [3.05, 3.63) is 53.1 Å². The van der Waals surface area contributed by atoms with Crippen LogP contribution in [0.1, 0.15) is 40.3 Å². The van der Waals surface area contributed by atoms with Crippen LogP contribution in [-0.4, -0.2) is 39.5 Å². The Morgan fingerprint density at radius 3 is 2.84 bits per heavy atom. The maximum atomic E-state index is 13.1. The van der Waals surface area contributed by atoms with Gasteiger partial charge in [0.25, 0.3) is 5.91 Å². The van der Waals surface area contributed by atoms with Gasteiger partial charge in [-0.3, -0.25) is 9.78 Å². The lowest BCUT2D eigenvalue weighted by Crippen LogP contribution is -2.33. The molecular weight excluding hydrogens is 312 g/mol. The van der Waals surface area contributed by atoms with Gasteiger partial charge in [-0.15, -0.1) is 0 Å². The first-order chi connectivity index (χ1) is 12.0. The summed E-state index contributed by atoms with van der Waals surface area (Å²) in [6.07, 6.45) is 4.08. The fraction of sp³-hybridized carbons (Fsp3) is 0.500. The fourth-order valence-corrected chi connectivity index (χ4v) is 4.56. The van der Waals surface area contributed by atoms with E-state index in [1.807, 2.05) is 42.3 Å². The molecule has 2 aromatic rings. The van der Waals surface area contributed by atoms with Gasteiger partial charge in [-0.25, -0.2) is 0 Å². The summed E-state index contributed by atoms with van der Waals surface area (Å²) in [4.78, 5) is 19.5. The molecule has 5 nitrogen and oxygen atoms in total.